The Morgan fingerprint density at radius 2 is 2.14 bits per heavy atom. The van der Waals surface area contributed by atoms with Gasteiger partial charge in [0.15, 0.2) is 5.16 Å². The Bertz CT molecular complexity index is 643. The van der Waals surface area contributed by atoms with E-state index in [1.165, 1.54) is 24.0 Å². The van der Waals surface area contributed by atoms with Crippen LogP contribution in [-0.4, -0.2) is 26.5 Å². The highest BCUT2D eigenvalue weighted by Gasteiger charge is 2.07. The minimum Gasteiger partial charge on any atom is -0.370 e. The number of nitrogens with zero attached hydrogens (tertiary/aromatic N) is 3. The van der Waals surface area contributed by atoms with Gasteiger partial charge >= 0.3 is 0 Å². The summed E-state index contributed by atoms with van der Waals surface area (Å²) in [4.78, 5) is 27.1. The molecule has 0 spiro atoms. The van der Waals surface area contributed by atoms with Crippen LogP contribution < -0.4 is 10.9 Å². The van der Waals surface area contributed by atoms with Gasteiger partial charge in [-0.25, -0.2) is 15.0 Å². The summed E-state index contributed by atoms with van der Waals surface area (Å²) in [5.74, 6) is 1.62. The van der Waals surface area contributed by atoms with E-state index in [1.807, 2.05) is 6.07 Å². The molecule has 6 nitrogen and oxygen atoms in total. The highest BCUT2D eigenvalue weighted by atomic mass is 32.2. The maximum atomic E-state index is 11.3. The number of aromatic nitrogens is 4. The first kappa shape index (κ1) is 15.5. The number of nitrogens with one attached hydrogen (secondary N) is 2. The van der Waals surface area contributed by atoms with Gasteiger partial charge in [0.05, 0.1) is 0 Å². The first-order valence-electron chi connectivity index (χ1n) is 7.06. The number of H-pyrrole nitrogens is 1. The fourth-order valence-electron chi connectivity index (χ4n) is 1.71. The molecule has 0 aliphatic rings. The molecule has 2 aromatic rings. The molecule has 0 amide bonds. The lowest BCUT2D eigenvalue weighted by molar-refractivity contribution is 0.806. The third-order valence-corrected chi connectivity index (χ3v) is 3.45. The third-order valence-electron chi connectivity index (χ3n) is 2.63. The molecule has 7 heteroatoms. The van der Waals surface area contributed by atoms with E-state index in [0.717, 1.165) is 42.5 Å². The van der Waals surface area contributed by atoms with Crippen molar-refractivity contribution in [1.82, 2.24) is 19.9 Å². The summed E-state index contributed by atoms with van der Waals surface area (Å²) in [5, 5.41) is 4.59. The van der Waals surface area contributed by atoms with Gasteiger partial charge in [0.2, 0.25) is 0 Å². The predicted molar refractivity (Wildman–Crippen MR) is 83.8 cm³/mol. The van der Waals surface area contributed by atoms with E-state index in [-0.39, 0.29) is 5.56 Å². The standard InChI is InChI=1S/C14H19N5OS/c1-3-5-10-17-11(15-7-4-2)9-13(18-10)21-14-16-8-6-12(20)19-14/h6,8-9H,3-5,7H2,1-2H3,(H,15,17,18)(H,16,19,20). The Morgan fingerprint density at radius 1 is 1.29 bits per heavy atom. The van der Waals surface area contributed by atoms with E-state index in [2.05, 4.69) is 39.1 Å². The monoisotopic (exact) mass is 305 g/mol. The van der Waals surface area contributed by atoms with E-state index in [4.69, 9.17) is 0 Å². The van der Waals surface area contributed by atoms with Crippen LogP contribution in [0.1, 0.15) is 32.5 Å². The van der Waals surface area contributed by atoms with Gasteiger partial charge in [-0.15, -0.1) is 0 Å². The molecule has 112 valence electrons. The van der Waals surface area contributed by atoms with Gasteiger partial charge in [-0.1, -0.05) is 13.8 Å². The number of hydrogen-bond donors (Lipinski definition) is 2. The summed E-state index contributed by atoms with van der Waals surface area (Å²) in [7, 11) is 0. The lowest BCUT2D eigenvalue weighted by atomic mass is 10.3. The normalized spacial score (nSPS) is 10.6. The Labute approximate surface area is 127 Å². The summed E-state index contributed by atoms with van der Waals surface area (Å²) in [6, 6.07) is 3.27. The summed E-state index contributed by atoms with van der Waals surface area (Å²) < 4.78 is 0. The van der Waals surface area contributed by atoms with Crippen molar-refractivity contribution in [2.45, 2.75) is 43.3 Å². The molecule has 0 aliphatic carbocycles. The molecule has 0 atom stereocenters. The first-order chi connectivity index (χ1) is 10.2. The average molecular weight is 305 g/mol. The van der Waals surface area contributed by atoms with Crippen LogP contribution in [0.5, 0.6) is 0 Å². The average Bonchev–Trinajstić information content (AvgIpc) is 2.45. The lowest BCUT2D eigenvalue weighted by Crippen LogP contribution is -2.07. The van der Waals surface area contributed by atoms with Crippen molar-refractivity contribution >= 4 is 17.6 Å². The van der Waals surface area contributed by atoms with E-state index in [0.29, 0.717) is 5.16 Å². The summed E-state index contributed by atoms with van der Waals surface area (Å²) in [6.45, 7) is 5.07. The number of hydrogen-bond acceptors (Lipinski definition) is 6. The summed E-state index contributed by atoms with van der Waals surface area (Å²) in [6.07, 6.45) is 4.34. The van der Waals surface area contributed by atoms with Gasteiger partial charge in [-0.05, 0) is 24.6 Å². The minimum atomic E-state index is -0.167. The molecule has 2 N–H and O–H groups in total. The molecule has 2 rings (SSSR count). The molecule has 21 heavy (non-hydrogen) atoms. The van der Waals surface area contributed by atoms with Gasteiger partial charge in [-0.2, -0.15) is 0 Å². The molecule has 0 saturated carbocycles. The van der Waals surface area contributed by atoms with Crippen LogP contribution in [0.25, 0.3) is 0 Å². The summed E-state index contributed by atoms with van der Waals surface area (Å²) >= 11 is 1.33. The zero-order chi connectivity index (χ0) is 15.1. The summed E-state index contributed by atoms with van der Waals surface area (Å²) in [5.41, 5.74) is -0.167. The van der Waals surface area contributed by atoms with Crippen LogP contribution >= 0.6 is 11.8 Å². The zero-order valence-electron chi connectivity index (χ0n) is 12.2. The zero-order valence-corrected chi connectivity index (χ0v) is 13.0. The quantitative estimate of drug-likeness (QED) is 0.604. The first-order valence-corrected chi connectivity index (χ1v) is 7.88. The highest BCUT2D eigenvalue weighted by Crippen LogP contribution is 2.24. The van der Waals surface area contributed by atoms with Crippen molar-refractivity contribution in [2.75, 3.05) is 11.9 Å². The van der Waals surface area contributed by atoms with Crippen molar-refractivity contribution in [1.29, 1.82) is 0 Å². The Hall–Kier alpha value is -1.89. The fraction of sp³-hybridized carbons (Fsp3) is 0.429. The van der Waals surface area contributed by atoms with Crippen LogP contribution in [-0.2, 0) is 6.42 Å². The molecular weight excluding hydrogens is 286 g/mol. The second-order valence-corrected chi connectivity index (χ2v) is 5.53. The van der Waals surface area contributed by atoms with Gasteiger partial charge in [0.25, 0.3) is 5.56 Å². The molecule has 0 radical (unpaired) electrons. The number of anilines is 1. The Kier molecular flexibility index (Phi) is 5.74. The predicted octanol–water partition coefficient (Wildman–Crippen LogP) is 2.49. The number of aryl methyl sites for hydroxylation is 1. The van der Waals surface area contributed by atoms with Crippen LogP contribution in [0.4, 0.5) is 5.82 Å². The molecule has 0 saturated heterocycles. The highest BCUT2D eigenvalue weighted by molar-refractivity contribution is 7.99. The van der Waals surface area contributed by atoms with E-state index in [1.54, 1.807) is 0 Å². The number of rotatable bonds is 7. The maximum Gasteiger partial charge on any atom is 0.251 e. The van der Waals surface area contributed by atoms with Crippen LogP contribution in [0.3, 0.4) is 0 Å². The van der Waals surface area contributed by atoms with E-state index < -0.39 is 0 Å². The van der Waals surface area contributed by atoms with Crippen molar-refractivity contribution < 1.29 is 0 Å². The maximum absolute atomic E-state index is 11.3. The molecule has 0 aromatic carbocycles. The topological polar surface area (TPSA) is 83.6 Å². The molecule has 2 aromatic heterocycles. The van der Waals surface area contributed by atoms with Crippen molar-refractivity contribution in [2.24, 2.45) is 0 Å². The smallest absolute Gasteiger partial charge is 0.251 e. The second kappa shape index (κ2) is 7.78. The SMILES string of the molecule is CCCNc1cc(Sc2nccc(=O)[nH]2)nc(CCC)n1. The van der Waals surface area contributed by atoms with Gasteiger partial charge < -0.3 is 10.3 Å². The van der Waals surface area contributed by atoms with Crippen LogP contribution in [0.15, 0.2) is 33.3 Å². The van der Waals surface area contributed by atoms with E-state index in [9.17, 15) is 4.79 Å². The minimum absolute atomic E-state index is 0.167. The molecule has 0 bridgehead atoms. The largest absolute Gasteiger partial charge is 0.370 e. The second-order valence-electron chi connectivity index (χ2n) is 4.53. The molecule has 0 fully saturated rings. The van der Waals surface area contributed by atoms with Gasteiger partial charge in [0.1, 0.15) is 16.7 Å². The lowest BCUT2D eigenvalue weighted by Gasteiger charge is -2.08. The van der Waals surface area contributed by atoms with Crippen molar-refractivity contribution in [3.05, 3.63) is 34.5 Å². The van der Waals surface area contributed by atoms with Crippen LogP contribution in [0, 0.1) is 0 Å². The van der Waals surface area contributed by atoms with E-state index >= 15 is 0 Å². The Balaban J connectivity index is 2.24. The van der Waals surface area contributed by atoms with Gasteiger partial charge in [0, 0.05) is 31.3 Å². The van der Waals surface area contributed by atoms with Crippen LogP contribution in [0.2, 0.25) is 0 Å². The molecule has 0 aliphatic heterocycles. The third kappa shape index (κ3) is 4.86. The molecule has 0 unspecified atom stereocenters. The molecule has 2 heterocycles. The fourth-order valence-corrected chi connectivity index (χ4v) is 2.49. The van der Waals surface area contributed by atoms with Crippen molar-refractivity contribution in [3.8, 4) is 0 Å². The van der Waals surface area contributed by atoms with Crippen molar-refractivity contribution in [3.63, 3.8) is 0 Å². The molecular formula is C14H19N5OS. The Morgan fingerprint density at radius 3 is 2.86 bits per heavy atom. The number of aromatic amines is 1. The van der Waals surface area contributed by atoms with Gasteiger partial charge in [-0.3, -0.25) is 4.79 Å².